The Bertz CT molecular complexity index is 1040. The molecule has 1 unspecified atom stereocenters. The van der Waals surface area contributed by atoms with Crippen LogP contribution >= 0.6 is 35.0 Å². The zero-order valence-electron chi connectivity index (χ0n) is 19.6. The standard InChI is InChI=1S/C25H33Cl2N3OS2/c1-17-14-19(16-29-23(17)32-21-8-4-7-20(26)22(21)27)30-12-10-25(11-13-30)9-5-6-18(25)15-24(2,3)33(28)31/h4,7-8,14,16,18H,5-6,9-13,15,28H2,1-3H3/t18-,33?/m1/s1. The van der Waals surface area contributed by atoms with Crippen LogP contribution in [0.15, 0.2) is 40.4 Å². The first kappa shape index (κ1) is 25.3. The Hall–Kier alpha value is -0.790. The van der Waals surface area contributed by atoms with E-state index in [1.54, 1.807) is 17.8 Å². The number of rotatable bonds is 6. The van der Waals surface area contributed by atoms with Gasteiger partial charge in [-0.15, -0.1) is 0 Å². The zero-order valence-corrected chi connectivity index (χ0v) is 22.7. The number of piperidine rings is 1. The number of aromatic nitrogens is 1. The molecular formula is C25H33Cl2N3OS2. The molecule has 2 atom stereocenters. The van der Waals surface area contributed by atoms with Crippen LogP contribution in [0.1, 0.15) is 57.9 Å². The lowest BCUT2D eigenvalue weighted by atomic mass is 9.68. The predicted octanol–water partition coefficient (Wildman–Crippen LogP) is 7.03. The molecule has 0 radical (unpaired) electrons. The second-order valence-electron chi connectivity index (χ2n) is 10.2. The molecule has 4 nitrogen and oxygen atoms in total. The minimum atomic E-state index is -1.29. The summed E-state index contributed by atoms with van der Waals surface area (Å²) < 4.78 is 11.7. The molecule has 0 bridgehead atoms. The monoisotopic (exact) mass is 525 g/mol. The molecule has 4 rings (SSSR count). The maximum Gasteiger partial charge on any atom is 0.104 e. The van der Waals surface area contributed by atoms with Gasteiger partial charge in [0.25, 0.3) is 0 Å². The molecule has 2 aliphatic rings. The molecule has 1 saturated carbocycles. The van der Waals surface area contributed by atoms with E-state index in [9.17, 15) is 4.21 Å². The average Bonchev–Trinajstić information content (AvgIpc) is 3.14. The van der Waals surface area contributed by atoms with Gasteiger partial charge in [0, 0.05) is 18.0 Å². The van der Waals surface area contributed by atoms with E-state index in [1.165, 1.54) is 37.8 Å². The first-order chi connectivity index (χ1) is 15.6. The smallest absolute Gasteiger partial charge is 0.104 e. The average molecular weight is 527 g/mol. The Kier molecular flexibility index (Phi) is 7.72. The Morgan fingerprint density at radius 2 is 2.00 bits per heavy atom. The van der Waals surface area contributed by atoms with Crippen molar-refractivity contribution < 1.29 is 4.21 Å². The molecule has 1 spiro atoms. The van der Waals surface area contributed by atoms with Crippen molar-refractivity contribution in [2.24, 2.45) is 16.5 Å². The molecule has 33 heavy (non-hydrogen) atoms. The molecule has 1 aliphatic carbocycles. The molecule has 1 aliphatic heterocycles. The van der Waals surface area contributed by atoms with Crippen molar-refractivity contribution in [1.29, 1.82) is 0 Å². The number of benzene rings is 1. The molecule has 180 valence electrons. The van der Waals surface area contributed by atoms with Gasteiger partial charge >= 0.3 is 0 Å². The number of hydrogen-bond acceptors (Lipinski definition) is 4. The quantitative estimate of drug-likeness (QED) is 0.439. The van der Waals surface area contributed by atoms with E-state index in [1.807, 2.05) is 18.3 Å². The fourth-order valence-corrected chi connectivity index (χ4v) is 7.29. The van der Waals surface area contributed by atoms with Gasteiger partial charge in [0.1, 0.15) is 5.03 Å². The molecule has 2 fully saturated rings. The lowest BCUT2D eigenvalue weighted by Gasteiger charge is -2.45. The number of hydrogen-bond donors (Lipinski definition) is 1. The van der Waals surface area contributed by atoms with Crippen LogP contribution in [0.3, 0.4) is 0 Å². The minimum Gasteiger partial charge on any atom is -0.370 e. The van der Waals surface area contributed by atoms with Crippen molar-refractivity contribution in [1.82, 2.24) is 4.98 Å². The lowest BCUT2D eigenvalue weighted by Crippen LogP contribution is -2.44. The van der Waals surface area contributed by atoms with Crippen LogP contribution < -0.4 is 10.0 Å². The van der Waals surface area contributed by atoms with Crippen LogP contribution in [0.2, 0.25) is 10.0 Å². The van der Waals surface area contributed by atoms with Crippen molar-refractivity contribution in [2.75, 3.05) is 18.0 Å². The first-order valence-corrected chi connectivity index (χ1v) is 14.4. The number of anilines is 1. The fourth-order valence-electron chi connectivity index (χ4n) is 5.57. The Morgan fingerprint density at radius 3 is 2.67 bits per heavy atom. The number of halogens is 2. The largest absolute Gasteiger partial charge is 0.370 e. The van der Waals surface area contributed by atoms with E-state index in [0.29, 0.717) is 21.4 Å². The van der Waals surface area contributed by atoms with Gasteiger partial charge in [0.2, 0.25) is 0 Å². The highest BCUT2D eigenvalue weighted by molar-refractivity contribution is 7.99. The number of aryl methyl sites for hydroxylation is 1. The van der Waals surface area contributed by atoms with E-state index in [-0.39, 0.29) is 4.75 Å². The van der Waals surface area contributed by atoms with Gasteiger partial charge in [-0.2, -0.15) is 0 Å². The van der Waals surface area contributed by atoms with Gasteiger partial charge in [-0.3, -0.25) is 5.14 Å². The summed E-state index contributed by atoms with van der Waals surface area (Å²) in [6, 6.07) is 7.91. The zero-order chi connectivity index (χ0) is 23.8. The van der Waals surface area contributed by atoms with Crippen molar-refractivity contribution >= 4 is 51.6 Å². The summed E-state index contributed by atoms with van der Waals surface area (Å²) in [6.07, 6.45) is 9.09. The van der Waals surface area contributed by atoms with Crippen LogP contribution in [0.25, 0.3) is 0 Å². The van der Waals surface area contributed by atoms with Gasteiger partial charge in [-0.25, -0.2) is 9.19 Å². The van der Waals surface area contributed by atoms with E-state index in [2.05, 4.69) is 31.7 Å². The third-order valence-corrected chi connectivity index (χ3v) is 11.0. The Morgan fingerprint density at radius 1 is 1.27 bits per heavy atom. The van der Waals surface area contributed by atoms with Crippen molar-refractivity contribution in [2.45, 2.75) is 74.0 Å². The lowest BCUT2D eigenvalue weighted by molar-refractivity contribution is 0.134. The van der Waals surface area contributed by atoms with Crippen molar-refractivity contribution in [3.05, 3.63) is 46.1 Å². The third kappa shape index (κ3) is 5.40. The molecule has 1 aromatic heterocycles. The van der Waals surface area contributed by atoms with E-state index >= 15 is 0 Å². The van der Waals surface area contributed by atoms with Crippen LogP contribution in [0.4, 0.5) is 5.69 Å². The van der Waals surface area contributed by atoms with Gasteiger partial charge < -0.3 is 4.90 Å². The predicted molar refractivity (Wildman–Crippen MR) is 142 cm³/mol. The molecule has 2 N–H and O–H groups in total. The minimum absolute atomic E-state index is 0.320. The van der Waals surface area contributed by atoms with Crippen molar-refractivity contribution in [3.8, 4) is 0 Å². The number of nitrogens with two attached hydrogens (primary N) is 1. The van der Waals surface area contributed by atoms with Gasteiger partial charge in [-0.1, -0.05) is 47.5 Å². The van der Waals surface area contributed by atoms with Crippen molar-refractivity contribution in [3.63, 3.8) is 0 Å². The summed E-state index contributed by atoms with van der Waals surface area (Å²) in [5.74, 6) is 0.614. The number of pyridine rings is 1. The van der Waals surface area contributed by atoms with Crippen LogP contribution in [0, 0.1) is 18.3 Å². The highest BCUT2D eigenvalue weighted by Crippen LogP contribution is 2.53. The van der Waals surface area contributed by atoms with Crippen LogP contribution in [-0.2, 0) is 11.0 Å². The van der Waals surface area contributed by atoms with E-state index in [0.717, 1.165) is 35.0 Å². The Balaban J connectivity index is 1.43. The second-order valence-corrected chi connectivity index (χ2v) is 13.7. The summed E-state index contributed by atoms with van der Waals surface area (Å²) in [7, 11) is -1.29. The molecule has 2 heterocycles. The molecule has 1 saturated heterocycles. The molecular weight excluding hydrogens is 493 g/mol. The van der Waals surface area contributed by atoms with Gasteiger partial charge in [-0.05, 0) is 88.0 Å². The summed E-state index contributed by atoms with van der Waals surface area (Å²) >= 11 is 14.1. The third-order valence-electron chi connectivity index (χ3n) is 7.64. The van der Waals surface area contributed by atoms with E-state index < -0.39 is 11.0 Å². The van der Waals surface area contributed by atoms with Gasteiger partial charge in [0.15, 0.2) is 0 Å². The molecule has 2 aromatic rings. The molecule has 8 heteroatoms. The maximum atomic E-state index is 12.0. The van der Waals surface area contributed by atoms with Crippen LogP contribution in [-0.4, -0.2) is 27.0 Å². The first-order valence-electron chi connectivity index (χ1n) is 11.6. The summed E-state index contributed by atoms with van der Waals surface area (Å²) in [4.78, 5) is 8.15. The second kappa shape index (κ2) is 10.1. The highest BCUT2D eigenvalue weighted by Gasteiger charge is 2.46. The summed E-state index contributed by atoms with van der Waals surface area (Å²) in [6.45, 7) is 8.28. The maximum absolute atomic E-state index is 12.0. The topological polar surface area (TPSA) is 59.2 Å². The number of nitrogens with zero attached hydrogens (tertiary/aromatic N) is 2. The highest BCUT2D eigenvalue weighted by atomic mass is 35.5. The van der Waals surface area contributed by atoms with E-state index in [4.69, 9.17) is 33.3 Å². The normalized spacial score (nSPS) is 21.5. The molecule has 1 aromatic carbocycles. The fraction of sp³-hybridized carbons (Fsp3) is 0.560. The summed E-state index contributed by atoms with van der Waals surface area (Å²) in [5.41, 5.74) is 2.69. The van der Waals surface area contributed by atoms with Crippen LogP contribution in [0.5, 0.6) is 0 Å². The summed E-state index contributed by atoms with van der Waals surface area (Å²) in [5, 5.41) is 7.88. The SMILES string of the molecule is Cc1cc(N2CCC3(CCC[C@@H]3CC(C)(C)S(N)=O)CC2)cnc1Sc1cccc(Cl)c1Cl. The van der Waals surface area contributed by atoms with Gasteiger partial charge in [0.05, 0.1) is 37.7 Å². The molecule has 0 amide bonds. The Labute approximate surface area is 214 Å².